The summed E-state index contributed by atoms with van der Waals surface area (Å²) in [5, 5.41) is 10.7. The number of nitro benzene ring substituents is 1. The van der Waals surface area contributed by atoms with Gasteiger partial charge < -0.3 is 4.90 Å². The van der Waals surface area contributed by atoms with Crippen molar-refractivity contribution in [3.63, 3.8) is 0 Å². The molecule has 2 aromatic rings. The Morgan fingerprint density at radius 2 is 1.63 bits per heavy atom. The molecule has 0 bridgehead atoms. The van der Waals surface area contributed by atoms with Gasteiger partial charge in [-0.05, 0) is 35.8 Å². The summed E-state index contributed by atoms with van der Waals surface area (Å²) in [6.07, 6.45) is 4.21. The molecule has 0 aliphatic carbocycles. The number of piperazine rings is 1. The Balaban J connectivity index is 1.59. The average Bonchev–Trinajstić information content (AvgIpc) is 2.78. The number of aryl methyl sites for hydroxylation is 1. The Hall–Kier alpha value is -3.04. The van der Waals surface area contributed by atoms with Crippen LogP contribution in [0.3, 0.4) is 0 Å². The summed E-state index contributed by atoms with van der Waals surface area (Å²) < 4.78 is 26.8. The van der Waals surface area contributed by atoms with Crippen LogP contribution in [0.1, 0.15) is 18.1 Å². The second kappa shape index (κ2) is 9.19. The molecular weight excluding hydrogens is 406 g/mol. The molecule has 2 aromatic carbocycles. The fraction of sp³-hybridized carbons (Fsp3) is 0.286. The maximum absolute atomic E-state index is 12.7. The van der Waals surface area contributed by atoms with Crippen LogP contribution in [-0.2, 0) is 21.2 Å². The molecule has 1 aliphatic heterocycles. The summed E-state index contributed by atoms with van der Waals surface area (Å²) in [6.45, 7) is 2.98. The molecule has 0 radical (unpaired) electrons. The number of carbonyl (C=O) groups is 1. The molecule has 158 valence electrons. The number of nitrogens with zero attached hydrogens (tertiary/aromatic N) is 3. The SMILES string of the molecule is CCc1ccc(/C=C/C(=O)N2CCN(S(=O)(=O)c3ccc([N+](=O)[O-])cc3)CC2)cc1. The zero-order valence-electron chi connectivity index (χ0n) is 16.6. The summed E-state index contributed by atoms with van der Waals surface area (Å²) in [7, 11) is -3.76. The van der Waals surface area contributed by atoms with Crippen LogP contribution in [0.25, 0.3) is 6.08 Å². The first-order valence-electron chi connectivity index (χ1n) is 9.62. The van der Waals surface area contributed by atoms with Crippen LogP contribution >= 0.6 is 0 Å². The van der Waals surface area contributed by atoms with E-state index >= 15 is 0 Å². The Morgan fingerprint density at radius 1 is 1.03 bits per heavy atom. The van der Waals surface area contributed by atoms with Crippen LogP contribution in [0.5, 0.6) is 0 Å². The van der Waals surface area contributed by atoms with Crippen LogP contribution in [0.15, 0.2) is 59.5 Å². The highest BCUT2D eigenvalue weighted by Gasteiger charge is 2.29. The van der Waals surface area contributed by atoms with E-state index in [1.807, 2.05) is 24.3 Å². The molecule has 1 aliphatic rings. The van der Waals surface area contributed by atoms with E-state index in [1.165, 1.54) is 40.2 Å². The van der Waals surface area contributed by atoms with Crippen molar-refractivity contribution in [1.29, 1.82) is 0 Å². The third kappa shape index (κ3) is 4.92. The van der Waals surface area contributed by atoms with Crippen molar-refractivity contribution in [2.45, 2.75) is 18.2 Å². The smallest absolute Gasteiger partial charge is 0.269 e. The summed E-state index contributed by atoms with van der Waals surface area (Å²) in [6, 6.07) is 12.8. The van der Waals surface area contributed by atoms with E-state index < -0.39 is 14.9 Å². The number of sulfonamides is 1. The molecule has 8 nitrogen and oxygen atoms in total. The van der Waals surface area contributed by atoms with Gasteiger partial charge in [-0.1, -0.05) is 31.2 Å². The van der Waals surface area contributed by atoms with E-state index in [4.69, 9.17) is 0 Å². The Bertz CT molecular complexity index is 1040. The van der Waals surface area contributed by atoms with Crippen LogP contribution in [0.4, 0.5) is 5.69 Å². The molecule has 0 spiro atoms. The number of carbonyl (C=O) groups excluding carboxylic acids is 1. The van der Waals surface area contributed by atoms with Gasteiger partial charge in [0.2, 0.25) is 15.9 Å². The molecule has 0 unspecified atom stereocenters. The lowest BCUT2D eigenvalue weighted by molar-refractivity contribution is -0.384. The Kier molecular flexibility index (Phi) is 6.63. The molecule has 1 amide bonds. The van der Waals surface area contributed by atoms with Gasteiger partial charge in [-0.25, -0.2) is 8.42 Å². The van der Waals surface area contributed by atoms with Crippen molar-refractivity contribution in [3.8, 4) is 0 Å². The first-order valence-corrected chi connectivity index (χ1v) is 11.1. The lowest BCUT2D eigenvalue weighted by Crippen LogP contribution is -2.50. The maximum Gasteiger partial charge on any atom is 0.269 e. The number of hydrogen-bond acceptors (Lipinski definition) is 5. The van der Waals surface area contributed by atoms with E-state index in [-0.39, 0.29) is 42.7 Å². The van der Waals surface area contributed by atoms with Gasteiger partial charge in [0.25, 0.3) is 5.69 Å². The highest BCUT2D eigenvalue weighted by atomic mass is 32.2. The first kappa shape index (κ1) is 21.7. The zero-order valence-corrected chi connectivity index (χ0v) is 17.4. The van der Waals surface area contributed by atoms with Crippen LogP contribution in [0.2, 0.25) is 0 Å². The van der Waals surface area contributed by atoms with E-state index in [0.717, 1.165) is 12.0 Å². The molecule has 1 fully saturated rings. The molecule has 30 heavy (non-hydrogen) atoms. The number of non-ortho nitro benzene ring substituents is 1. The monoisotopic (exact) mass is 429 g/mol. The van der Waals surface area contributed by atoms with Gasteiger partial charge in [0.1, 0.15) is 0 Å². The minimum Gasteiger partial charge on any atom is -0.337 e. The first-order chi connectivity index (χ1) is 14.3. The minimum absolute atomic E-state index is 0.00305. The van der Waals surface area contributed by atoms with Crippen molar-refractivity contribution in [1.82, 2.24) is 9.21 Å². The predicted molar refractivity (Wildman–Crippen MR) is 113 cm³/mol. The second-order valence-corrected chi connectivity index (χ2v) is 8.85. The Morgan fingerprint density at radius 3 is 2.17 bits per heavy atom. The number of benzene rings is 2. The second-order valence-electron chi connectivity index (χ2n) is 6.91. The predicted octanol–water partition coefficient (Wildman–Crippen LogP) is 2.70. The van der Waals surface area contributed by atoms with E-state index in [2.05, 4.69) is 6.92 Å². The summed E-state index contributed by atoms with van der Waals surface area (Å²) in [5.74, 6) is -0.165. The molecule has 0 aromatic heterocycles. The van der Waals surface area contributed by atoms with Crippen LogP contribution < -0.4 is 0 Å². The molecule has 9 heteroatoms. The highest BCUT2D eigenvalue weighted by molar-refractivity contribution is 7.89. The molecule has 0 N–H and O–H groups in total. The number of hydrogen-bond donors (Lipinski definition) is 0. The third-order valence-electron chi connectivity index (χ3n) is 5.04. The molecule has 0 atom stereocenters. The van der Waals surface area contributed by atoms with Crippen molar-refractivity contribution in [3.05, 3.63) is 75.8 Å². The van der Waals surface area contributed by atoms with Gasteiger partial charge in [0, 0.05) is 44.4 Å². The van der Waals surface area contributed by atoms with Gasteiger partial charge in [0.05, 0.1) is 9.82 Å². The van der Waals surface area contributed by atoms with Crippen molar-refractivity contribution >= 4 is 27.7 Å². The van der Waals surface area contributed by atoms with Gasteiger partial charge in [-0.3, -0.25) is 14.9 Å². The molecular formula is C21H23N3O5S. The zero-order chi connectivity index (χ0) is 21.7. The van der Waals surface area contributed by atoms with Gasteiger partial charge in [0.15, 0.2) is 0 Å². The summed E-state index contributed by atoms with van der Waals surface area (Å²) in [5.41, 5.74) is 1.99. The Labute approximate surface area is 175 Å². The molecule has 1 heterocycles. The van der Waals surface area contributed by atoms with E-state index in [0.29, 0.717) is 0 Å². The number of amides is 1. The van der Waals surface area contributed by atoms with Crippen molar-refractivity contribution in [2.75, 3.05) is 26.2 Å². The number of nitro groups is 1. The van der Waals surface area contributed by atoms with Gasteiger partial charge in [-0.15, -0.1) is 0 Å². The normalized spacial score (nSPS) is 15.4. The maximum atomic E-state index is 12.7. The lowest BCUT2D eigenvalue weighted by atomic mass is 10.1. The largest absolute Gasteiger partial charge is 0.337 e. The van der Waals surface area contributed by atoms with Gasteiger partial charge in [-0.2, -0.15) is 4.31 Å². The van der Waals surface area contributed by atoms with E-state index in [9.17, 15) is 23.3 Å². The van der Waals surface area contributed by atoms with Crippen LogP contribution in [-0.4, -0.2) is 54.6 Å². The fourth-order valence-electron chi connectivity index (χ4n) is 3.18. The molecule has 3 rings (SSSR count). The quantitative estimate of drug-likeness (QED) is 0.399. The third-order valence-corrected chi connectivity index (χ3v) is 6.95. The topological polar surface area (TPSA) is 101 Å². The highest BCUT2D eigenvalue weighted by Crippen LogP contribution is 2.21. The average molecular weight is 429 g/mol. The standard InChI is InChI=1S/C21H23N3O5S/c1-2-17-3-5-18(6-4-17)7-12-21(25)22-13-15-23(16-14-22)30(28,29)20-10-8-19(9-11-20)24(26)27/h3-12H,2,13-16H2,1H3/b12-7+. The minimum atomic E-state index is -3.76. The molecule has 0 saturated carbocycles. The van der Waals surface area contributed by atoms with Crippen LogP contribution in [0, 0.1) is 10.1 Å². The van der Waals surface area contributed by atoms with Crippen molar-refractivity contribution in [2.24, 2.45) is 0 Å². The van der Waals surface area contributed by atoms with Crippen molar-refractivity contribution < 1.29 is 18.1 Å². The fourth-order valence-corrected chi connectivity index (χ4v) is 4.60. The van der Waals surface area contributed by atoms with Gasteiger partial charge >= 0.3 is 0 Å². The lowest BCUT2D eigenvalue weighted by Gasteiger charge is -2.33. The summed E-state index contributed by atoms with van der Waals surface area (Å²) in [4.78, 5) is 24.2. The number of rotatable bonds is 6. The van der Waals surface area contributed by atoms with E-state index in [1.54, 1.807) is 11.0 Å². The summed E-state index contributed by atoms with van der Waals surface area (Å²) >= 11 is 0. The molecule has 1 saturated heterocycles.